The smallest absolute Gasteiger partial charge is 0.497 e. The van der Waals surface area contributed by atoms with Gasteiger partial charge in [0.25, 0.3) is 0 Å². The van der Waals surface area contributed by atoms with E-state index in [0.29, 0.717) is 12.4 Å². The fraction of sp³-hybridized carbons (Fsp3) is 0.385. The van der Waals surface area contributed by atoms with Crippen LogP contribution in [0.3, 0.4) is 0 Å². The number of carbonyl (C=O) groups is 2. The summed E-state index contributed by atoms with van der Waals surface area (Å²) in [6, 6.07) is 6.06. The van der Waals surface area contributed by atoms with Gasteiger partial charge < -0.3 is 14.2 Å². The number of hydrogen-bond donors (Lipinski definition) is 0. The Kier molecular flexibility index (Phi) is 7.62. The molecule has 21 heavy (non-hydrogen) atoms. The molecule has 0 radical (unpaired) electrons. The zero-order chi connectivity index (χ0) is 15.5. The maximum atomic E-state index is 11.5. The SMILES string of the molecule is CCOCCOC(=O)OOOC(=O)c1ccc(OC)cc1. The second-order valence-corrected chi connectivity index (χ2v) is 3.55. The molecule has 0 atom stereocenters. The highest BCUT2D eigenvalue weighted by Gasteiger charge is 2.12. The summed E-state index contributed by atoms with van der Waals surface area (Å²) in [5.74, 6) is -0.249. The van der Waals surface area contributed by atoms with Crippen LogP contribution in [0.1, 0.15) is 17.3 Å². The van der Waals surface area contributed by atoms with E-state index in [4.69, 9.17) is 9.47 Å². The Hall–Kier alpha value is -2.32. The molecule has 0 spiro atoms. The Morgan fingerprint density at radius 2 is 1.76 bits per heavy atom. The summed E-state index contributed by atoms with van der Waals surface area (Å²) in [7, 11) is 1.50. The van der Waals surface area contributed by atoms with Crippen LogP contribution < -0.4 is 4.74 Å². The van der Waals surface area contributed by atoms with Crippen molar-refractivity contribution in [1.29, 1.82) is 0 Å². The van der Waals surface area contributed by atoms with Crippen molar-refractivity contribution in [2.75, 3.05) is 26.9 Å². The van der Waals surface area contributed by atoms with Gasteiger partial charge in [0.05, 0.1) is 24.3 Å². The predicted octanol–water partition coefficient (Wildman–Crippen LogP) is 1.89. The molecular formula is C13H16O8. The third kappa shape index (κ3) is 6.59. The molecule has 1 aromatic rings. The van der Waals surface area contributed by atoms with Crippen molar-refractivity contribution in [3.05, 3.63) is 29.8 Å². The minimum atomic E-state index is -1.14. The van der Waals surface area contributed by atoms with Crippen molar-refractivity contribution in [3.8, 4) is 5.75 Å². The molecule has 0 saturated carbocycles. The van der Waals surface area contributed by atoms with Gasteiger partial charge in [-0.15, -0.1) is 0 Å². The minimum absolute atomic E-state index is 0.00244. The van der Waals surface area contributed by atoms with Crippen LogP contribution in [0, 0.1) is 0 Å². The fourth-order valence-electron chi connectivity index (χ4n) is 1.20. The second-order valence-electron chi connectivity index (χ2n) is 3.55. The summed E-state index contributed by atoms with van der Waals surface area (Å²) in [5, 5.41) is 4.03. The second kappa shape index (κ2) is 9.56. The summed E-state index contributed by atoms with van der Waals surface area (Å²) in [6.45, 7) is 2.55. The van der Waals surface area contributed by atoms with Gasteiger partial charge in [0.2, 0.25) is 0 Å². The Bertz CT molecular complexity index is 442. The molecule has 0 aromatic heterocycles. The Morgan fingerprint density at radius 3 is 2.38 bits per heavy atom. The van der Waals surface area contributed by atoms with Gasteiger partial charge in [-0.3, -0.25) is 4.89 Å². The maximum absolute atomic E-state index is 11.5. The average Bonchev–Trinajstić information content (AvgIpc) is 2.51. The van der Waals surface area contributed by atoms with Crippen LogP contribution in [0.5, 0.6) is 5.75 Å². The lowest BCUT2D eigenvalue weighted by Crippen LogP contribution is -2.14. The molecule has 0 fully saturated rings. The average molecular weight is 300 g/mol. The lowest BCUT2D eigenvalue weighted by Gasteiger charge is -2.04. The van der Waals surface area contributed by atoms with Gasteiger partial charge in [-0.2, -0.15) is 0 Å². The highest BCUT2D eigenvalue weighted by Crippen LogP contribution is 2.12. The first-order valence-corrected chi connectivity index (χ1v) is 6.11. The standard InChI is InChI=1S/C13H16O8/c1-3-17-8-9-18-13(15)20-21-19-12(14)10-4-6-11(16-2)7-5-10/h4-7H,3,8-9H2,1-2H3. The molecule has 1 aromatic carbocycles. The van der Waals surface area contributed by atoms with E-state index in [1.807, 2.05) is 0 Å². The van der Waals surface area contributed by atoms with Crippen LogP contribution in [-0.2, 0) is 24.3 Å². The van der Waals surface area contributed by atoms with E-state index in [2.05, 4.69) is 19.6 Å². The Labute approximate surface area is 121 Å². The predicted molar refractivity (Wildman–Crippen MR) is 68.4 cm³/mol. The van der Waals surface area contributed by atoms with Crippen molar-refractivity contribution >= 4 is 12.1 Å². The third-order valence-electron chi connectivity index (χ3n) is 2.19. The zero-order valence-electron chi connectivity index (χ0n) is 11.7. The van der Waals surface area contributed by atoms with Crippen LogP contribution in [-0.4, -0.2) is 39.1 Å². The van der Waals surface area contributed by atoms with Gasteiger partial charge >= 0.3 is 12.1 Å². The summed E-state index contributed by atoms with van der Waals surface area (Å²) >= 11 is 0. The van der Waals surface area contributed by atoms with E-state index in [-0.39, 0.29) is 18.8 Å². The van der Waals surface area contributed by atoms with Crippen LogP contribution in [0.2, 0.25) is 0 Å². The highest BCUT2D eigenvalue weighted by atomic mass is 17.5. The van der Waals surface area contributed by atoms with Crippen molar-refractivity contribution in [1.82, 2.24) is 0 Å². The van der Waals surface area contributed by atoms with E-state index >= 15 is 0 Å². The van der Waals surface area contributed by atoms with E-state index in [1.165, 1.54) is 19.2 Å². The van der Waals surface area contributed by atoms with Crippen LogP contribution in [0.4, 0.5) is 4.79 Å². The first-order valence-electron chi connectivity index (χ1n) is 6.11. The van der Waals surface area contributed by atoms with Gasteiger partial charge in [0, 0.05) is 6.61 Å². The molecule has 0 amide bonds. The number of methoxy groups -OCH3 is 1. The van der Waals surface area contributed by atoms with Crippen LogP contribution in [0.25, 0.3) is 0 Å². The molecule has 1 rings (SSSR count). The molecule has 0 aliphatic carbocycles. The van der Waals surface area contributed by atoms with E-state index in [1.54, 1.807) is 19.1 Å². The molecule has 8 nitrogen and oxygen atoms in total. The number of hydrogen-bond acceptors (Lipinski definition) is 8. The van der Waals surface area contributed by atoms with Crippen LogP contribution >= 0.6 is 0 Å². The maximum Gasteiger partial charge on any atom is 0.543 e. The lowest BCUT2D eigenvalue weighted by molar-refractivity contribution is -0.452. The molecule has 0 bridgehead atoms. The number of benzene rings is 1. The Balaban J connectivity index is 2.21. The van der Waals surface area contributed by atoms with Gasteiger partial charge in [-0.1, -0.05) is 0 Å². The van der Waals surface area contributed by atoms with Crippen LogP contribution in [0.15, 0.2) is 24.3 Å². The number of rotatable bonds is 8. The molecule has 0 heterocycles. The van der Waals surface area contributed by atoms with E-state index in [0.717, 1.165) is 0 Å². The van der Waals surface area contributed by atoms with E-state index in [9.17, 15) is 9.59 Å². The molecule has 8 heteroatoms. The zero-order valence-corrected chi connectivity index (χ0v) is 11.7. The molecule has 0 aliphatic heterocycles. The molecule has 0 aliphatic rings. The largest absolute Gasteiger partial charge is 0.543 e. The quantitative estimate of drug-likeness (QED) is 0.311. The van der Waals surface area contributed by atoms with Crippen molar-refractivity contribution in [2.24, 2.45) is 0 Å². The molecule has 0 N–H and O–H groups in total. The molecule has 0 saturated heterocycles. The monoisotopic (exact) mass is 300 g/mol. The highest BCUT2D eigenvalue weighted by molar-refractivity contribution is 5.89. The normalized spacial score (nSPS) is 9.81. The van der Waals surface area contributed by atoms with Crippen molar-refractivity contribution < 1.29 is 38.6 Å². The fourth-order valence-corrected chi connectivity index (χ4v) is 1.20. The summed E-state index contributed by atoms with van der Waals surface area (Å²) in [4.78, 5) is 30.8. The topological polar surface area (TPSA) is 89.5 Å². The van der Waals surface area contributed by atoms with E-state index < -0.39 is 12.1 Å². The lowest BCUT2D eigenvalue weighted by atomic mass is 10.2. The molecule has 0 unspecified atom stereocenters. The third-order valence-corrected chi connectivity index (χ3v) is 2.19. The van der Waals surface area contributed by atoms with Gasteiger partial charge in [-0.05, 0) is 31.2 Å². The van der Waals surface area contributed by atoms with Crippen molar-refractivity contribution in [2.45, 2.75) is 6.92 Å². The molecule has 116 valence electrons. The summed E-state index contributed by atoms with van der Waals surface area (Å²) < 4.78 is 14.4. The first-order chi connectivity index (χ1) is 10.2. The summed E-state index contributed by atoms with van der Waals surface area (Å²) in [6.07, 6.45) is -1.14. The van der Waals surface area contributed by atoms with Crippen molar-refractivity contribution in [3.63, 3.8) is 0 Å². The minimum Gasteiger partial charge on any atom is -0.497 e. The number of ether oxygens (including phenoxy) is 3. The Morgan fingerprint density at radius 1 is 1.05 bits per heavy atom. The number of carbonyl (C=O) groups excluding carboxylic acids is 2. The summed E-state index contributed by atoms with van der Waals surface area (Å²) in [5.41, 5.74) is 0.198. The van der Waals surface area contributed by atoms with Gasteiger partial charge in [0.1, 0.15) is 12.4 Å². The molecular weight excluding hydrogens is 284 g/mol. The first kappa shape index (κ1) is 16.7. The van der Waals surface area contributed by atoms with Gasteiger partial charge in [0.15, 0.2) is 0 Å². The van der Waals surface area contributed by atoms with Gasteiger partial charge in [-0.25, -0.2) is 14.5 Å².